The zero-order valence-electron chi connectivity index (χ0n) is 40.5. The van der Waals surface area contributed by atoms with Crippen LogP contribution in [0.3, 0.4) is 0 Å². The maximum absolute atomic E-state index is 14.8. The highest BCUT2D eigenvalue weighted by molar-refractivity contribution is 5.96. The number of pyridine rings is 2. The quantitative estimate of drug-likeness (QED) is 0.124. The Balaban J connectivity index is 1.20. The fourth-order valence-electron chi connectivity index (χ4n) is 10.4. The second-order valence-electron chi connectivity index (χ2n) is 19.6. The van der Waals surface area contributed by atoms with Crippen molar-refractivity contribution >= 4 is 34.6 Å². The number of benzene rings is 2. The molecule has 6 atom stereocenters. The van der Waals surface area contributed by atoms with Gasteiger partial charge in [-0.2, -0.15) is 0 Å². The average Bonchev–Trinajstić information content (AvgIpc) is 3.94. The molecule has 68 heavy (non-hydrogen) atoms. The highest BCUT2D eigenvalue weighted by Gasteiger charge is 2.42. The number of ether oxygens (including phenoxy) is 3. The summed E-state index contributed by atoms with van der Waals surface area (Å²) in [6, 6.07) is 16.3. The Hall–Kier alpha value is -6.16. The van der Waals surface area contributed by atoms with E-state index in [0.29, 0.717) is 44.4 Å². The third-order valence-corrected chi connectivity index (χ3v) is 13.8. The lowest BCUT2D eigenvalue weighted by Gasteiger charge is -2.37. The fourth-order valence-corrected chi connectivity index (χ4v) is 10.4. The maximum Gasteiger partial charge on any atom is 0.324 e. The largest absolute Gasteiger partial charge is 0.508 e. The summed E-state index contributed by atoms with van der Waals surface area (Å²) in [4.78, 5) is 68.2. The van der Waals surface area contributed by atoms with Crippen LogP contribution in [0.2, 0.25) is 0 Å². The number of phenolic OH excluding ortho intramolecular Hbond substituents is 1. The number of cyclic esters (lactones) is 1. The molecule has 3 aromatic heterocycles. The van der Waals surface area contributed by atoms with Gasteiger partial charge in [-0.25, -0.2) is 5.43 Å². The minimum absolute atomic E-state index is 0.00390. The topological polar surface area (TPSA) is 177 Å². The number of aromatic nitrogens is 3. The molecule has 0 spiro atoms. The van der Waals surface area contributed by atoms with E-state index in [1.165, 1.54) is 9.91 Å². The number of aromatic hydroxyl groups is 1. The molecule has 15 nitrogen and oxygen atoms in total. The van der Waals surface area contributed by atoms with Crippen molar-refractivity contribution in [2.45, 2.75) is 116 Å². The van der Waals surface area contributed by atoms with Crippen LogP contribution < -0.4 is 10.7 Å². The molecule has 5 aromatic rings. The van der Waals surface area contributed by atoms with Gasteiger partial charge in [0.1, 0.15) is 30.0 Å². The third-order valence-electron chi connectivity index (χ3n) is 13.8. The molecule has 3 amide bonds. The number of esters is 1. The number of hydrazine groups is 1. The summed E-state index contributed by atoms with van der Waals surface area (Å²) < 4.78 is 20.2. The number of amides is 3. The van der Waals surface area contributed by atoms with Gasteiger partial charge in [0.15, 0.2) is 0 Å². The second-order valence-corrected chi connectivity index (χ2v) is 19.6. The van der Waals surface area contributed by atoms with Crippen molar-refractivity contribution < 1.29 is 38.5 Å². The standard InChI is InChI=1S/C53H65N7O8/c1-9-59-44-17-16-34-27-40(44)41(47(59)39-14-11-20-55-45(39)32(4)66-8)28-53(5,6)30-68-52(65)42-15-12-21-60(57-42)50(63)43(25-33-23-36(34)26-37(61)24-33)56-49(62)46(31(2)3)58(7)51(64)48-38(18-22-67-48)35-13-10-19-54-29-35/h10-11,13-14,16-17,19-20,23-24,26-27,29,31-32,38,42-43,46,48,57,61H,9,12,15,18,21-22,25,28,30H2,1-8H3,(H,56,62)/t32-,38+,42-,43-,46-,48+/m0/s1. The monoisotopic (exact) mass is 927 g/mol. The first-order chi connectivity index (χ1) is 32.6. The predicted molar refractivity (Wildman–Crippen MR) is 258 cm³/mol. The molecule has 360 valence electrons. The van der Waals surface area contributed by atoms with Gasteiger partial charge in [0.25, 0.3) is 11.8 Å². The zero-order chi connectivity index (χ0) is 48.4. The van der Waals surface area contributed by atoms with Gasteiger partial charge in [-0.05, 0) is 116 Å². The predicted octanol–water partition coefficient (Wildman–Crippen LogP) is 6.90. The van der Waals surface area contributed by atoms with Crippen molar-refractivity contribution in [1.82, 2.24) is 35.2 Å². The van der Waals surface area contributed by atoms with Crippen LogP contribution in [0.25, 0.3) is 33.3 Å². The SMILES string of the molecule is CCn1c(-c2cccnc2[C@H](C)OC)c2c3cc(ccc31)-c1cc(O)cc(c1)C[C@H](NC(=O)[C@H](C(C)C)N(C)C(=O)[C@@H]1OCC[C@@H]1c1cccnc1)C(=O)N1CCC[C@H](N1)C(=O)OCC(C)(C)C2. The Morgan fingerprint density at radius 2 is 1.84 bits per heavy atom. The minimum Gasteiger partial charge on any atom is -0.508 e. The zero-order valence-corrected chi connectivity index (χ0v) is 40.5. The van der Waals surface area contributed by atoms with Crippen molar-refractivity contribution in [2.75, 3.05) is 33.9 Å². The molecule has 8 rings (SSSR count). The van der Waals surface area contributed by atoms with Crippen molar-refractivity contribution in [3.63, 3.8) is 0 Å². The van der Waals surface area contributed by atoms with Gasteiger partial charge in [-0.3, -0.25) is 34.2 Å². The van der Waals surface area contributed by atoms with Gasteiger partial charge >= 0.3 is 5.97 Å². The first-order valence-electron chi connectivity index (χ1n) is 23.9. The lowest BCUT2D eigenvalue weighted by Crippen LogP contribution is -2.62. The molecule has 0 saturated carbocycles. The number of hydrogen-bond donors (Lipinski definition) is 3. The smallest absolute Gasteiger partial charge is 0.324 e. The van der Waals surface area contributed by atoms with E-state index in [0.717, 1.165) is 50.1 Å². The first-order valence-corrected chi connectivity index (χ1v) is 23.9. The third kappa shape index (κ3) is 9.88. The molecular weight excluding hydrogens is 863 g/mol. The molecule has 0 unspecified atom stereocenters. The van der Waals surface area contributed by atoms with E-state index in [4.69, 9.17) is 19.2 Å². The number of carbonyl (C=O) groups excluding carboxylic acids is 4. The first kappa shape index (κ1) is 48.3. The lowest BCUT2D eigenvalue weighted by atomic mass is 9.84. The Bertz CT molecular complexity index is 2670. The summed E-state index contributed by atoms with van der Waals surface area (Å²) in [5, 5.41) is 16.8. The molecule has 3 aliphatic rings. The highest BCUT2D eigenvalue weighted by atomic mass is 16.5. The molecule has 6 bridgehead atoms. The van der Waals surface area contributed by atoms with E-state index < -0.39 is 47.4 Å². The summed E-state index contributed by atoms with van der Waals surface area (Å²) in [5.74, 6) is -2.39. The number of fused-ring (bicyclic) bond motifs is 6. The maximum atomic E-state index is 14.8. The van der Waals surface area contributed by atoms with Crippen LogP contribution in [0.5, 0.6) is 5.75 Å². The fraction of sp³-hybridized carbons (Fsp3) is 0.472. The van der Waals surface area contributed by atoms with E-state index in [2.05, 4.69) is 59.3 Å². The van der Waals surface area contributed by atoms with Gasteiger partial charge in [0.05, 0.1) is 24.1 Å². The Kier molecular flexibility index (Phi) is 14.4. The molecule has 0 aliphatic carbocycles. The Labute approximate surface area is 398 Å². The number of phenols is 1. The normalized spacial score (nSPS) is 21.8. The van der Waals surface area contributed by atoms with E-state index >= 15 is 0 Å². The molecule has 3 N–H and O–H groups in total. The Morgan fingerprint density at radius 1 is 1.04 bits per heavy atom. The van der Waals surface area contributed by atoms with Crippen molar-refractivity contribution in [2.24, 2.45) is 11.3 Å². The molecule has 6 heterocycles. The van der Waals surface area contributed by atoms with Crippen LogP contribution in [0.4, 0.5) is 0 Å². The second kappa shape index (κ2) is 20.2. The van der Waals surface area contributed by atoms with Crippen LogP contribution in [0.1, 0.15) is 95.2 Å². The van der Waals surface area contributed by atoms with Crippen LogP contribution in [-0.4, -0.2) is 111 Å². The highest BCUT2D eigenvalue weighted by Crippen LogP contribution is 2.42. The van der Waals surface area contributed by atoms with E-state index in [1.54, 1.807) is 44.9 Å². The van der Waals surface area contributed by atoms with Crippen molar-refractivity contribution in [3.8, 4) is 28.1 Å². The number of carbonyl (C=O) groups is 4. The van der Waals surface area contributed by atoms with Gasteiger partial charge in [0.2, 0.25) is 5.91 Å². The van der Waals surface area contributed by atoms with Gasteiger partial charge in [-0.1, -0.05) is 45.9 Å². The van der Waals surface area contributed by atoms with Crippen LogP contribution in [-0.2, 0) is 52.8 Å². The Morgan fingerprint density at radius 3 is 2.57 bits per heavy atom. The summed E-state index contributed by atoms with van der Waals surface area (Å²) in [6.07, 6.45) is 6.24. The van der Waals surface area contributed by atoms with Crippen molar-refractivity contribution in [1.29, 1.82) is 0 Å². The molecule has 2 saturated heterocycles. The van der Waals surface area contributed by atoms with E-state index in [1.807, 2.05) is 51.1 Å². The molecule has 2 fully saturated rings. The van der Waals surface area contributed by atoms with Gasteiger partial charge in [-0.15, -0.1) is 0 Å². The van der Waals surface area contributed by atoms with E-state index in [-0.39, 0.29) is 49.2 Å². The molecule has 3 aliphatic heterocycles. The number of nitrogens with zero attached hydrogens (tertiary/aromatic N) is 5. The lowest BCUT2D eigenvalue weighted by molar-refractivity contribution is -0.155. The van der Waals surface area contributed by atoms with E-state index in [9.17, 15) is 24.3 Å². The van der Waals surface area contributed by atoms with Crippen LogP contribution in [0, 0.1) is 11.3 Å². The van der Waals surface area contributed by atoms with Crippen molar-refractivity contribution in [3.05, 3.63) is 102 Å². The number of nitrogens with one attached hydrogen (secondary N) is 2. The number of rotatable bonds is 10. The molecule has 2 aromatic carbocycles. The minimum atomic E-state index is -1.16. The number of hydrogen-bond acceptors (Lipinski definition) is 11. The van der Waals surface area contributed by atoms with Gasteiger partial charge in [0, 0.05) is 86.7 Å². The van der Waals surface area contributed by atoms with Gasteiger partial charge < -0.3 is 34.1 Å². The molecular formula is C53H65N7O8. The van der Waals surface area contributed by atoms with Crippen LogP contribution in [0.15, 0.2) is 79.3 Å². The summed E-state index contributed by atoms with van der Waals surface area (Å²) >= 11 is 0. The summed E-state index contributed by atoms with van der Waals surface area (Å²) in [6.45, 7) is 13.4. The summed E-state index contributed by atoms with van der Waals surface area (Å²) in [7, 11) is 3.27. The number of methoxy groups -OCH3 is 1. The molecule has 15 heteroatoms. The summed E-state index contributed by atoms with van der Waals surface area (Å²) in [5.41, 5.74) is 10.5. The number of likely N-dealkylation sites (N-methyl/N-ethyl adjacent to an activating group) is 1. The van der Waals surface area contributed by atoms with Crippen LogP contribution >= 0.6 is 0 Å². The number of aryl methyl sites for hydroxylation is 1. The average molecular weight is 928 g/mol. The molecule has 0 radical (unpaired) electrons.